The fourth-order valence-electron chi connectivity index (χ4n) is 4.30. The minimum Gasteiger partial charge on any atom is -0.380 e. The molecular weight excluding hydrogens is 430 g/mol. The topological polar surface area (TPSA) is 111 Å². The molecule has 0 aliphatic carbocycles. The highest BCUT2D eigenvalue weighted by Gasteiger charge is 2.46. The van der Waals surface area contributed by atoms with E-state index in [1.165, 1.54) is 6.20 Å². The summed E-state index contributed by atoms with van der Waals surface area (Å²) in [6, 6.07) is 7.68. The third-order valence-corrected chi connectivity index (χ3v) is 6.27. The first-order chi connectivity index (χ1) is 15.3. The number of aryl methyl sites for hydroxylation is 1. The monoisotopic (exact) mass is 451 g/mol. The van der Waals surface area contributed by atoms with Crippen molar-refractivity contribution in [3.8, 4) is 11.8 Å². The van der Waals surface area contributed by atoms with Crippen molar-refractivity contribution in [3.63, 3.8) is 0 Å². The predicted octanol–water partition coefficient (Wildman–Crippen LogP) is 3.08. The summed E-state index contributed by atoms with van der Waals surface area (Å²) in [6.07, 6.45) is 2.41. The van der Waals surface area contributed by atoms with Gasteiger partial charge in [0.1, 0.15) is 16.5 Å². The summed E-state index contributed by atoms with van der Waals surface area (Å²) in [5, 5.41) is 15.1. The highest BCUT2D eigenvalue weighted by atomic mass is 35.5. The van der Waals surface area contributed by atoms with Crippen LogP contribution in [-0.2, 0) is 15.8 Å². The largest absolute Gasteiger partial charge is 0.380 e. The van der Waals surface area contributed by atoms with Gasteiger partial charge in [-0.3, -0.25) is 0 Å². The van der Waals surface area contributed by atoms with Gasteiger partial charge < -0.3 is 25.0 Å². The minimum absolute atomic E-state index is 0.145. The Labute approximate surface area is 190 Å². The van der Waals surface area contributed by atoms with Gasteiger partial charge in [-0.05, 0) is 38.0 Å². The summed E-state index contributed by atoms with van der Waals surface area (Å²) in [5.74, 6) is 7.29. The summed E-state index contributed by atoms with van der Waals surface area (Å²) < 4.78 is 10.8. The zero-order valence-electron chi connectivity index (χ0n) is 17.7. The van der Waals surface area contributed by atoms with Crippen LogP contribution in [0.1, 0.15) is 35.9 Å². The lowest BCUT2D eigenvalue weighted by Crippen LogP contribution is -2.32. The van der Waals surface area contributed by atoms with Gasteiger partial charge in [0.25, 0.3) is 0 Å². The molecule has 2 aromatic heterocycles. The molecule has 3 aromatic rings. The van der Waals surface area contributed by atoms with Crippen LogP contribution in [0, 0.1) is 18.8 Å². The van der Waals surface area contributed by atoms with Crippen LogP contribution in [0.5, 0.6) is 0 Å². The lowest BCUT2D eigenvalue weighted by atomic mass is 9.81. The van der Waals surface area contributed by atoms with E-state index < -0.39 is 5.60 Å². The SMILES string of the molecule is Cc1cc(C(C)(O)C#Cc2ccc3c(c2)N(c2nc(N)ncc2Cl)C[C@]32CCOC2)no1. The molecule has 164 valence electrons. The number of hydrogen-bond acceptors (Lipinski definition) is 8. The van der Waals surface area contributed by atoms with Crippen LogP contribution in [-0.4, -0.2) is 40.0 Å². The van der Waals surface area contributed by atoms with E-state index in [2.05, 4.69) is 37.9 Å². The van der Waals surface area contributed by atoms with Crippen molar-refractivity contribution in [2.45, 2.75) is 31.3 Å². The molecule has 2 aliphatic rings. The summed E-state index contributed by atoms with van der Waals surface area (Å²) in [6.45, 7) is 5.35. The molecule has 8 nitrogen and oxygen atoms in total. The first kappa shape index (κ1) is 20.8. The van der Waals surface area contributed by atoms with E-state index in [4.69, 9.17) is 26.6 Å². The average Bonchev–Trinajstić information content (AvgIpc) is 3.49. The third-order valence-electron chi connectivity index (χ3n) is 6.00. The Morgan fingerprint density at radius 1 is 1.34 bits per heavy atom. The minimum atomic E-state index is -1.44. The molecular formula is C23H22ClN5O3. The molecule has 0 saturated carbocycles. The number of aromatic nitrogens is 3. The number of nitrogens with two attached hydrogens (primary N) is 1. The molecule has 4 heterocycles. The molecule has 0 radical (unpaired) electrons. The zero-order valence-corrected chi connectivity index (χ0v) is 18.5. The van der Waals surface area contributed by atoms with Gasteiger partial charge in [0.2, 0.25) is 5.95 Å². The number of fused-ring (bicyclic) bond motifs is 2. The zero-order chi connectivity index (χ0) is 22.5. The predicted molar refractivity (Wildman–Crippen MR) is 120 cm³/mol. The van der Waals surface area contributed by atoms with Crippen LogP contribution in [0.4, 0.5) is 17.5 Å². The molecule has 0 bridgehead atoms. The van der Waals surface area contributed by atoms with Gasteiger partial charge in [-0.25, -0.2) is 4.98 Å². The van der Waals surface area contributed by atoms with Crippen LogP contribution in [0.15, 0.2) is 35.0 Å². The molecule has 1 saturated heterocycles. The third kappa shape index (κ3) is 3.48. The molecule has 1 fully saturated rings. The number of nitrogens with zero attached hydrogens (tertiary/aromatic N) is 4. The fourth-order valence-corrected chi connectivity index (χ4v) is 4.49. The average molecular weight is 452 g/mol. The number of benzene rings is 1. The summed E-state index contributed by atoms with van der Waals surface area (Å²) >= 11 is 6.44. The number of aliphatic hydroxyl groups is 1. The molecule has 1 unspecified atom stereocenters. The second-order valence-corrected chi connectivity index (χ2v) is 8.85. The number of rotatable bonds is 2. The molecule has 1 spiro atoms. The summed E-state index contributed by atoms with van der Waals surface area (Å²) in [5.41, 5.74) is 7.47. The maximum atomic E-state index is 10.7. The maximum Gasteiger partial charge on any atom is 0.222 e. The molecule has 2 atom stereocenters. The van der Waals surface area contributed by atoms with Crippen molar-refractivity contribution in [2.75, 3.05) is 30.4 Å². The van der Waals surface area contributed by atoms with Crippen molar-refractivity contribution in [1.82, 2.24) is 15.1 Å². The molecule has 1 aromatic carbocycles. The Morgan fingerprint density at radius 3 is 2.91 bits per heavy atom. The first-order valence-electron chi connectivity index (χ1n) is 10.2. The second-order valence-electron chi connectivity index (χ2n) is 8.45. The number of hydrogen-bond donors (Lipinski definition) is 2. The van der Waals surface area contributed by atoms with Gasteiger partial charge in [0, 0.05) is 35.9 Å². The Morgan fingerprint density at radius 2 is 2.19 bits per heavy atom. The quantitative estimate of drug-likeness (QED) is 0.572. The summed E-state index contributed by atoms with van der Waals surface area (Å²) in [4.78, 5) is 10.4. The van der Waals surface area contributed by atoms with Crippen molar-refractivity contribution < 1.29 is 14.4 Å². The molecule has 2 aliphatic heterocycles. The highest BCUT2D eigenvalue weighted by Crippen LogP contribution is 2.49. The Balaban J connectivity index is 1.57. The smallest absolute Gasteiger partial charge is 0.222 e. The molecule has 9 heteroatoms. The normalized spacial score (nSPS) is 21.3. The second kappa shape index (κ2) is 7.48. The lowest BCUT2D eigenvalue weighted by Gasteiger charge is -2.24. The highest BCUT2D eigenvalue weighted by molar-refractivity contribution is 6.33. The summed E-state index contributed by atoms with van der Waals surface area (Å²) in [7, 11) is 0. The van der Waals surface area contributed by atoms with Gasteiger partial charge >= 0.3 is 0 Å². The molecule has 32 heavy (non-hydrogen) atoms. The van der Waals surface area contributed by atoms with Gasteiger partial charge in [-0.15, -0.1) is 0 Å². The van der Waals surface area contributed by atoms with Crippen LogP contribution < -0.4 is 10.6 Å². The molecule has 3 N–H and O–H groups in total. The van der Waals surface area contributed by atoms with E-state index in [1.54, 1.807) is 19.9 Å². The van der Waals surface area contributed by atoms with Crippen molar-refractivity contribution in [3.05, 3.63) is 58.1 Å². The molecule has 5 rings (SSSR count). The van der Waals surface area contributed by atoms with Crippen molar-refractivity contribution in [2.24, 2.45) is 0 Å². The van der Waals surface area contributed by atoms with Crippen LogP contribution >= 0.6 is 11.6 Å². The fraction of sp³-hybridized carbons (Fsp3) is 0.348. The maximum absolute atomic E-state index is 10.7. The Hall–Kier alpha value is -3.12. The van der Waals surface area contributed by atoms with E-state index >= 15 is 0 Å². The van der Waals surface area contributed by atoms with E-state index in [9.17, 15) is 5.11 Å². The van der Waals surface area contributed by atoms with Crippen LogP contribution in [0.3, 0.4) is 0 Å². The van der Waals surface area contributed by atoms with Crippen molar-refractivity contribution in [1.29, 1.82) is 0 Å². The van der Waals surface area contributed by atoms with Gasteiger partial charge in [0.05, 0.1) is 12.8 Å². The van der Waals surface area contributed by atoms with Gasteiger partial charge in [0.15, 0.2) is 11.4 Å². The van der Waals surface area contributed by atoms with E-state index in [-0.39, 0.29) is 11.4 Å². The Bertz CT molecular complexity index is 1250. The number of anilines is 3. The van der Waals surface area contributed by atoms with Crippen LogP contribution in [0.25, 0.3) is 0 Å². The first-order valence-corrected chi connectivity index (χ1v) is 10.6. The van der Waals surface area contributed by atoms with Gasteiger partial charge in [-0.1, -0.05) is 34.7 Å². The molecule has 0 amide bonds. The van der Waals surface area contributed by atoms with Crippen molar-refractivity contribution >= 4 is 29.1 Å². The number of halogens is 1. The Kier molecular flexibility index (Phi) is 4.86. The van der Waals surface area contributed by atoms with Crippen LogP contribution in [0.2, 0.25) is 5.02 Å². The van der Waals surface area contributed by atoms with E-state index in [0.717, 1.165) is 23.2 Å². The van der Waals surface area contributed by atoms with E-state index in [0.29, 0.717) is 42.1 Å². The standard InChI is InChI=1S/C23H22ClN5O3/c1-14-9-19(28-32-14)22(2,30)6-5-15-3-4-16-18(10-15)29(12-23(16)7-8-31-13-23)20-17(24)11-26-21(25)27-20/h3-4,9-11,30H,7-8,12-13H2,1-2H3,(H2,25,26,27)/t22?,23-/m0/s1. The lowest BCUT2D eigenvalue weighted by molar-refractivity contribution is 0.112. The van der Waals surface area contributed by atoms with Gasteiger partial charge in [-0.2, -0.15) is 4.98 Å². The number of ether oxygens (including phenoxy) is 1. The number of nitrogen functional groups attached to an aromatic ring is 1. The van der Waals surface area contributed by atoms with E-state index in [1.807, 2.05) is 12.1 Å².